The molecule has 0 atom stereocenters. The molecule has 0 aliphatic heterocycles. The lowest BCUT2D eigenvalue weighted by atomic mass is 10.1. The summed E-state index contributed by atoms with van der Waals surface area (Å²) >= 11 is 1.24. The van der Waals surface area contributed by atoms with Gasteiger partial charge in [-0.2, -0.15) is 0 Å². The molecule has 32 heavy (non-hydrogen) atoms. The van der Waals surface area contributed by atoms with Crippen molar-refractivity contribution in [1.29, 1.82) is 0 Å². The third-order valence-corrected chi connectivity index (χ3v) is 5.88. The smallest absolute Gasteiger partial charge is 0.335 e. The second-order valence-electron chi connectivity index (χ2n) is 7.16. The lowest BCUT2D eigenvalue weighted by Crippen LogP contribution is -2.25. The molecule has 4 rings (SSSR count). The van der Waals surface area contributed by atoms with Gasteiger partial charge in [0.15, 0.2) is 5.16 Å². The Balaban J connectivity index is 1.51. The van der Waals surface area contributed by atoms with Gasteiger partial charge in [-0.25, -0.2) is 4.79 Å². The molecule has 4 aromatic rings. The van der Waals surface area contributed by atoms with Crippen LogP contribution < -0.4 is 10.9 Å². The van der Waals surface area contributed by atoms with E-state index < -0.39 is 5.97 Å². The number of hydrogen-bond acceptors (Lipinski definition) is 6. The Morgan fingerprint density at radius 2 is 1.84 bits per heavy atom. The standard InChI is InChI=1S/C22H21N5O4S/c1-2-11-26-19(29)16-5-3-4-6-17(16)27-21(26)24-25-22(27)32-13-18(28)23-12-14-7-9-15(10-8-14)20(30)31/h3-10H,2,11-13H2,1H3,(H,23,28)(H,30,31). The normalized spacial score (nSPS) is 11.2. The number of hydrogen-bond donors (Lipinski definition) is 2. The third kappa shape index (κ3) is 4.22. The van der Waals surface area contributed by atoms with Crippen LogP contribution in [0.4, 0.5) is 0 Å². The van der Waals surface area contributed by atoms with E-state index in [0.717, 1.165) is 12.0 Å². The Morgan fingerprint density at radius 3 is 2.56 bits per heavy atom. The third-order valence-electron chi connectivity index (χ3n) is 4.95. The van der Waals surface area contributed by atoms with Crippen molar-refractivity contribution in [2.75, 3.05) is 5.75 Å². The average molecular weight is 452 g/mol. The molecule has 0 unspecified atom stereocenters. The number of nitrogens with zero attached hydrogens (tertiary/aromatic N) is 4. The summed E-state index contributed by atoms with van der Waals surface area (Å²) < 4.78 is 3.43. The van der Waals surface area contributed by atoms with Gasteiger partial charge >= 0.3 is 5.97 Å². The van der Waals surface area contributed by atoms with Crippen LogP contribution in [-0.2, 0) is 17.9 Å². The molecule has 2 aromatic heterocycles. The number of amides is 1. The average Bonchev–Trinajstić information content (AvgIpc) is 3.23. The van der Waals surface area contributed by atoms with E-state index in [1.54, 1.807) is 22.8 Å². The first-order chi connectivity index (χ1) is 15.5. The molecule has 2 aromatic carbocycles. The SMILES string of the molecule is CCCn1c(=O)c2ccccc2n2c(SCC(=O)NCc3ccc(C(=O)O)cc3)nnc12. The van der Waals surface area contributed by atoms with E-state index >= 15 is 0 Å². The summed E-state index contributed by atoms with van der Waals surface area (Å²) in [5.41, 5.74) is 1.59. The van der Waals surface area contributed by atoms with Crippen LogP contribution in [-0.4, -0.2) is 41.9 Å². The summed E-state index contributed by atoms with van der Waals surface area (Å²) in [7, 11) is 0. The van der Waals surface area contributed by atoms with Crippen molar-refractivity contribution in [3.63, 3.8) is 0 Å². The van der Waals surface area contributed by atoms with Gasteiger partial charge in [0.05, 0.1) is 22.2 Å². The number of para-hydroxylation sites is 1. The highest BCUT2D eigenvalue weighted by Crippen LogP contribution is 2.21. The second kappa shape index (κ2) is 9.23. The molecule has 0 radical (unpaired) electrons. The van der Waals surface area contributed by atoms with Crippen molar-refractivity contribution in [3.8, 4) is 0 Å². The molecule has 0 fully saturated rings. The van der Waals surface area contributed by atoms with Crippen LogP contribution in [0.15, 0.2) is 58.5 Å². The highest BCUT2D eigenvalue weighted by Gasteiger charge is 2.17. The fourth-order valence-electron chi connectivity index (χ4n) is 3.40. The Morgan fingerprint density at radius 1 is 1.09 bits per heavy atom. The molecule has 2 heterocycles. The van der Waals surface area contributed by atoms with Gasteiger partial charge in [0.1, 0.15) is 0 Å². The number of aromatic carboxylic acids is 1. The Kier molecular flexibility index (Phi) is 6.22. The van der Waals surface area contributed by atoms with E-state index in [2.05, 4.69) is 15.5 Å². The largest absolute Gasteiger partial charge is 0.478 e. The Hall–Kier alpha value is -3.66. The van der Waals surface area contributed by atoms with Crippen molar-refractivity contribution in [2.45, 2.75) is 31.6 Å². The molecule has 0 saturated heterocycles. The topological polar surface area (TPSA) is 119 Å². The van der Waals surface area contributed by atoms with Crippen LogP contribution >= 0.6 is 11.8 Å². The maximum absolute atomic E-state index is 12.9. The lowest BCUT2D eigenvalue weighted by Gasteiger charge is -2.10. The van der Waals surface area contributed by atoms with E-state index in [-0.39, 0.29) is 22.8 Å². The molecule has 1 amide bonds. The number of rotatable bonds is 8. The number of carbonyl (C=O) groups is 2. The maximum Gasteiger partial charge on any atom is 0.335 e. The van der Waals surface area contributed by atoms with Crippen LogP contribution in [0, 0.1) is 0 Å². The minimum absolute atomic E-state index is 0.106. The quantitative estimate of drug-likeness (QED) is 0.395. The van der Waals surface area contributed by atoms with Crippen molar-refractivity contribution in [3.05, 3.63) is 70.0 Å². The zero-order chi connectivity index (χ0) is 22.7. The van der Waals surface area contributed by atoms with Gasteiger partial charge in [-0.05, 0) is 36.2 Å². The van der Waals surface area contributed by atoms with Gasteiger partial charge in [0.2, 0.25) is 11.7 Å². The van der Waals surface area contributed by atoms with Gasteiger partial charge < -0.3 is 10.4 Å². The number of carboxylic acid groups (broad SMARTS) is 1. The number of carboxylic acids is 1. The van der Waals surface area contributed by atoms with Crippen molar-refractivity contribution < 1.29 is 14.7 Å². The number of thioether (sulfide) groups is 1. The molecule has 0 aliphatic carbocycles. The van der Waals surface area contributed by atoms with E-state index in [1.807, 2.05) is 29.5 Å². The summed E-state index contributed by atoms with van der Waals surface area (Å²) in [4.78, 5) is 36.2. The van der Waals surface area contributed by atoms with Crippen LogP contribution in [0.2, 0.25) is 0 Å². The second-order valence-corrected chi connectivity index (χ2v) is 8.10. The minimum Gasteiger partial charge on any atom is -0.478 e. The number of aryl methyl sites for hydroxylation is 1. The number of fused-ring (bicyclic) bond motifs is 3. The highest BCUT2D eigenvalue weighted by atomic mass is 32.2. The maximum atomic E-state index is 12.9. The molecular formula is C22H21N5O4S. The fraction of sp³-hybridized carbons (Fsp3) is 0.227. The van der Waals surface area contributed by atoms with E-state index in [4.69, 9.17) is 5.11 Å². The van der Waals surface area contributed by atoms with E-state index in [1.165, 1.54) is 23.9 Å². The van der Waals surface area contributed by atoms with Gasteiger partial charge in [-0.15, -0.1) is 10.2 Å². The lowest BCUT2D eigenvalue weighted by molar-refractivity contribution is -0.118. The van der Waals surface area contributed by atoms with Gasteiger partial charge in [0, 0.05) is 13.1 Å². The van der Waals surface area contributed by atoms with Crippen molar-refractivity contribution in [2.24, 2.45) is 0 Å². The molecule has 9 nitrogen and oxygen atoms in total. The first-order valence-corrected chi connectivity index (χ1v) is 11.1. The van der Waals surface area contributed by atoms with Crippen molar-refractivity contribution in [1.82, 2.24) is 24.5 Å². The Bertz CT molecular complexity index is 1360. The van der Waals surface area contributed by atoms with Gasteiger partial charge in [0.25, 0.3) is 5.56 Å². The number of benzene rings is 2. The summed E-state index contributed by atoms with van der Waals surface area (Å²) in [6.45, 7) is 2.81. The molecule has 164 valence electrons. The summed E-state index contributed by atoms with van der Waals surface area (Å²) in [6.07, 6.45) is 0.777. The van der Waals surface area contributed by atoms with Gasteiger partial charge in [-0.1, -0.05) is 43.0 Å². The van der Waals surface area contributed by atoms with Gasteiger partial charge in [-0.3, -0.25) is 18.6 Å². The zero-order valence-electron chi connectivity index (χ0n) is 17.3. The minimum atomic E-state index is -0.991. The first-order valence-electron chi connectivity index (χ1n) is 10.1. The zero-order valence-corrected chi connectivity index (χ0v) is 18.1. The van der Waals surface area contributed by atoms with E-state index in [9.17, 15) is 14.4 Å². The summed E-state index contributed by atoms with van der Waals surface area (Å²) in [6, 6.07) is 13.6. The fourth-order valence-corrected chi connectivity index (χ4v) is 4.17. The molecule has 0 spiro atoms. The van der Waals surface area contributed by atoms with Crippen LogP contribution in [0.5, 0.6) is 0 Å². The van der Waals surface area contributed by atoms with E-state index in [0.29, 0.717) is 34.9 Å². The predicted octanol–water partition coefficient (Wildman–Crippen LogP) is 2.56. The Labute approximate surface area is 187 Å². The molecule has 10 heteroatoms. The van der Waals surface area contributed by atoms with Crippen LogP contribution in [0.25, 0.3) is 16.7 Å². The predicted molar refractivity (Wildman–Crippen MR) is 121 cm³/mol. The first kappa shape index (κ1) is 21.6. The number of aromatic nitrogens is 4. The molecule has 0 aliphatic rings. The summed E-state index contributed by atoms with van der Waals surface area (Å²) in [5, 5.41) is 21.3. The number of carbonyl (C=O) groups excluding carboxylic acids is 1. The monoisotopic (exact) mass is 451 g/mol. The molecule has 2 N–H and O–H groups in total. The highest BCUT2D eigenvalue weighted by molar-refractivity contribution is 7.99. The number of nitrogens with one attached hydrogen (secondary N) is 1. The van der Waals surface area contributed by atoms with Crippen LogP contribution in [0.3, 0.4) is 0 Å². The molecule has 0 bridgehead atoms. The van der Waals surface area contributed by atoms with Crippen molar-refractivity contribution >= 4 is 40.3 Å². The van der Waals surface area contributed by atoms with Crippen LogP contribution in [0.1, 0.15) is 29.3 Å². The summed E-state index contributed by atoms with van der Waals surface area (Å²) in [5.74, 6) is -0.610. The molecular weight excluding hydrogens is 430 g/mol. The molecule has 0 saturated carbocycles.